The Kier molecular flexibility index (Phi) is 5.67. The van der Waals surface area contributed by atoms with Gasteiger partial charge in [0.15, 0.2) is 0 Å². The van der Waals surface area contributed by atoms with Gasteiger partial charge in [-0.1, -0.05) is 13.5 Å². The van der Waals surface area contributed by atoms with Gasteiger partial charge in [0, 0.05) is 18.4 Å². The van der Waals surface area contributed by atoms with Gasteiger partial charge >= 0.3 is 5.97 Å². The lowest BCUT2D eigenvalue weighted by atomic mass is 10.5. The highest BCUT2D eigenvalue weighted by Crippen LogP contribution is 2.39. The number of rotatable bonds is 6. The Balaban J connectivity index is 3.52. The van der Waals surface area contributed by atoms with Gasteiger partial charge in [-0.3, -0.25) is 4.57 Å². The fourth-order valence-electron chi connectivity index (χ4n) is 0.701. The first-order chi connectivity index (χ1) is 6.02. The van der Waals surface area contributed by atoms with E-state index in [4.69, 9.17) is 4.89 Å². The van der Waals surface area contributed by atoms with Crippen molar-refractivity contribution in [3.63, 3.8) is 0 Å². The molecule has 0 heterocycles. The van der Waals surface area contributed by atoms with Crippen molar-refractivity contribution in [2.45, 2.75) is 13.3 Å². The zero-order valence-electron chi connectivity index (χ0n) is 7.73. The molecule has 0 aromatic carbocycles. The van der Waals surface area contributed by atoms with E-state index in [1.165, 1.54) is 0 Å². The molecule has 0 aliphatic carbocycles. The molecule has 1 unspecified atom stereocenters. The lowest BCUT2D eigenvalue weighted by Crippen LogP contribution is -2.04. The van der Waals surface area contributed by atoms with E-state index in [0.29, 0.717) is 6.42 Å². The van der Waals surface area contributed by atoms with Gasteiger partial charge in [0.2, 0.25) is 7.37 Å². The van der Waals surface area contributed by atoms with Crippen molar-refractivity contribution in [1.29, 1.82) is 0 Å². The third-order valence-corrected chi connectivity index (χ3v) is 3.56. The maximum absolute atomic E-state index is 11.1. The van der Waals surface area contributed by atoms with Crippen molar-refractivity contribution in [3.05, 3.63) is 12.7 Å². The average molecular weight is 206 g/mol. The minimum atomic E-state index is -2.96. The van der Waals surface area contributed by atoms with Crippen molar-refractivity contribution in [1.82, 2.24) is 0 Å². The van der Waals surface area contributed by atoms with Gasteiger partial charge in [-0.05, 0) is 6.42 Å². The summed E-state index contributed by atoms with van der Waals surface area (Å²) in [4.78, 5) is 19.7. The number of hydrogen-bond donors (Lipinski definition) is 1. The predicted octanol–water partition coefficient (Wildman–Crippen LogP) is 1.40. The summed E-state index contributed by atoms with van der Waals surface area (Å²) < 4.78 is 15.7. The van der Waals surface area contributed by atoms with Crippen LogP contribution < -0.4 is 0 Å². The van der Waals surface area contributed by atoms with Gasteiger partial charge in [0.1, 0.15) is 0 Å². The highest BCUT2D eigenvalue weighted by Gasteiger charge is 2.13. The zero-order valence-corrected chi connectivity index (χ0v) is 8.63. The zero-order chi connectivity index (χ0) is 10.3. The highest BCUT2D eigenvalue weighted by atomic mass is 31.2. The fourth-order valence-corrected chi connectivity index (χ4v) is 1.64. The Hall–Kier alpha value is -0.600. The van der Waals surface area contributed by atoms with Crippen LogP contribution in [0.15, 0.2) is 12.7 Å². The molecule has 0 bridgehead atoms. The smallest absolute Gasteiger partial charge is 0.330 e. The van der Waals surface area contributed by atoms with Gasteiger partial charge in [0.25, 0.3) is 0 Å². The third-order valence-electron chi connectivity index (χ3n) is 1.56. The monoisotopic (exact) mass is 206 g/mol. The molecule has 1 atom stereocenters. The minimum absolute atomic E-state index is 0.176. The number of carbonyl (C=O) groups is 1. The Bertz CT molecular complexity index is 224. The van der Waals surface area contributed by atoms with Crippen LogP contribution in [0.5, 0.6) is 0 Å². The van der Waals surface area contributed by atoms with Gasteiger partial charge in [-0.25, -0.2) is 4.79 Å². The molecule has 0 saturated heterocycles. The summed E-state index contributed by atoms with van der Waals surface area (Å²) in [5, 5.41) is 0. The Morgan fingerprint density at radius 3 is 2.77 bits per heavy atom. The molecule has 1 N–H and O–H groups in total. The van der Waals surface area contributed by atoms with Crippen LogP contribution in [0.25, 0.3) is 0 Å². The normalized spacial score (nSPS) is 14.6. The summed E-state index contributed by atoms with van der Waals surface area (Å²) in [5.41, 5.74) is 0. The minimum Gasteiger partial charge on any atom is -0.463 e. The molecule has 4 nitrogen and oxygen atoms in total. The van der Waals surface area contributed by atoms with E-state index in [9.17, 15) is 9.36 Å². The van der Waals surface area contributed by atoms with Gasteiger partial charge < -0.3 is 9.63 Å². The molecule has 0 spiro atoms. The van der Waals surface area contributed by atoms with Crippen LogP contribution in [0.1, 0.15) is 13.3 Å². The van der Waals surface area contributed by atoms with Crippen LogP contribution in [0.3, 0.4) is 0 Å². The Labute approximate surface area is 78.0 Å². The number of hydrogen-bond acceptors (Lipinski definition) is 3. The Morgan fingerprint density at radius 1 is 1.69 bits per heavy atom. The van der Waals surface area contributed by atoms with Crippen LogP contribution in [0.2, 0.25) is 0 Å². The van der Waals surface area contributed by atoms with Crippen molar-refractivity contribution in [2.24, 2.45) is 0 Å². The van der Waals surface area contributed by atoms with Crippen molar-refractivity contribution in [2.75, 3.05) is 18.9 Å². The second-order valence-corrected chi connectivity index (χ2v) is 5.38. The second kappa shape index (κ2) is 5.95. The van der Waals surface area contributed by atoms with Crippen LogP contribution in [0.4, 0.5) is 0 Å². The van der Waals surface area contributed by atoms with Crippen molar-refractivity contribution in [3.8, 4) is 0 Å². The topological polar surface area (TPSA) is 63.6 Å². The molecule has 0 amide bonds. The van der Waals surface area contributed by atoms with Crippen LogP contribution in [0, 0.1) is 0 Å². The average Bonchev–Trinajstić information content (AvgIpc) is 2.12. The Morgan fingerprint density at radius 2 is 2.31 bits per heavy atom. The summed E-state index contributed by atoms with van der Waals surface area (Å²) in [6, 6.07) is 0. The van der Waals surface area contributed by atoms with Gasteiger partial charge in [-0.2, -0.15) is 0 Å². The van der Waals surface area contributed by atoms with Crippen LogP contribution in [-0.2, 0) is 14.1 Å². The first-order valence-electron chi connectivity index (χ1n) is 4.12. The van der Waals surface area contributed by atoms with E-state index in [-0.39, 0.29) is 18.9 Å². The summed E-state index contributed by atoms with van der Waals surface area (Å²) in [6.45, 7) is 5.06. The molecule has 0 saturated carbocycles. The molecule has 0 rings (SSSR count). The third kappa shape index (κ3) is 6.55. The fraction of sp³-hybridized carbons (Fsp3) is 0.625. The van der Waals surface area contributed by atoms with E-state index in [0.717, 1.165) is 6.08 Å². The van der Waals surface area contributed by atoms with E-state index in [2.05, 4.69) is 11.3 Å². The molecule has 5 heteroatoms. The lowest BCUT2D eigenvalue weighted by molar-refractivity contribution is -0.137. The number of ether oxygens (including phenoxy) is 1. The molecule has 76 valence electrons. The lowest BCUT2D eigenvalue weighted by Gasteiger charge is -2.07. The van der Waals surface area contributed by atoms with Crippen molar-refractivity contribution < 1.29 is 19.0 Å². The summed E-state index contributed by atoms with van der Waals surface area (Å²) in [7, 11) is -2.96. The molecular weight excluding hydrogens is 191 g/mol. The first kappa shape index (κ1) is 12.4. The van der Waals surface area contributed by atoms with E-state index in [1.54, 1.807) is 6.92 Å². The number of carbonyl (C=O) groups excluding carboxylic acids is 1. The van der Waals surface area contributed by atoms with E-state index >= 15 is 0 Å². The molecule has 0 radical (unpaired) electrons. The molecular formula is C8H15O4P. The van der Waals surface area contributed by atoms with Gasteiger partial charge in [-0.15, -0.1) is 0 Å². The predicted molar refractivity (Wildman–Crippen MR) is 51.0 cm³/mol. The summed E-state index contributed by atoms with van der Waals surface area (Å²) in [5.74, 6) is -0.496. The maximum atomic E-state index is 11.1. The van der Waals surface area contributed by atoms with Gasteiger partial charge in [0.05, 0.1) is 6.61 Å². The first-order valence-corrected chi connectivity index (χ1v) is 6.15. The van der Waals surface area contributed by atoms with Crippen molar-refractivity contribution >= 4 is 13.3 Å². The molecule has 0 aromatic rings. The van der Waals surface area contributed by atoms with E-state index < -0.39 is 13.3 Å². The number of esters is 1. The molecule has 13 heavy (non-hydrogen) atoms. The quantitative estimate of drug-likeness (QED) is 0.309. The van der Waals surface area contributed by atoms with Crippen LogP contribution in [-0.4, -0.2) is 29.8 Å². The second-order valence-electron chi connectivity index (χ2n) is 2.61. The standard InChI is InChI=1S/C8H15O4P/c1-3-8(9)12-6-5-7-13(10,11)4-2/h3H,1,4-7H2,2H3,(H,10,11). The molecule has 0 fully saturated rings. The molecule has 0 aromatic heterocycles. The largest absolute Gasteiger partial charge is 0.463 e. The maximum Gasteiger partial charge on any atom is 0.330 e. The molecule has 0 aliphatic heterocycles. The SMILES string of the molecule is C=CC(=O)OCCCP(=O)(O)CC. The molecule has 0 aliphatic rings. The van der Waals surface area contributed by atoms with E-state index in [1.807, 2.05) is 0 Å². The van der Waals surface area contributed by atoms with Crippen LogP contribution >= 0.6 is 7.37 Å². The summed E-state index contributed by atoms with van der Waals surface area (Å²) >= 11 is 0. The highest BCUT2D eigenvalue weighted by molar-refractivity contribution is 7.57. The summed E-state index contributed by atoms with van der Waals surface area (Å²) in [6.07, 6.45) is 1.95.